The maximum atomic E-state index is 7.78. The second-order valence-electron chi connectivity index (χ2n) is 9.04. The van der Waals surface area contributed by atoms with Crippen molar-refractivity contribution >= 4 is 25.6 Å². The van der Waals surface area contributed by atoms with Crippen LogP contribution in [0.5, 0.6) is 0 Å². The highest BCUT2D eigenvalue weighted by atomic mass is 35.5. The van der Waals surface area contributed by atoms with E-state index in [1.54, 1.807) is 5.57 Å². The van der Waals surface area contributed by atoms with Gasteiger partial charge in [0, 0.05) is 0 Å². The van der Waals surface area contributed by atoms with Crippen molar-refractivity contribution < 1.29 is 0 Å². The average Bonchev–Trinajstić information content (AvgIpc) is 2.72. The summed E-state index contributed by atoms with van der Waals surface area (Å²) in [5.74, 6) is 0. The standard InChI is InChI=1S/C25H36ClP/c26-25(19-11-10-14-22(25)20-21-12-4-1-5-13-21)27(23-15-6-2-7-16-23)24-17-8-3-9-18-24/h1,4-5,12-13,20,23-24H,2-3,6-11,14-19H2. The van der Waals surface area contributed by atoms with Crippen molar-refractivity contribution in [2.45, 2.75) is 106 Å². The van der Waals surface area contributed by atoms with E-state index in [-0.39, 0.29) is 12.5 Å². The summed E-state index contributed by atoms with van der Waals surface area (Å²) in [5, 5.41) is 0. The first-order valence-electron chi connectivity index (χ1n) is 11.5. The van der Waals surface area contributed by atoms with Crippen LogP contribution in [0.3, 0.4) is 0 Å². The first kappa shape index (κ1) is 20.0. The normalized spacial score (nSPS) is 30.1. The van der Waals surface area contributed by atoms with Crippen molar-refractivity contribution in [1.82, 2.24) is 0 Å². The Kier molecular flexibility index (Phi) is 6.99. The van der Waals surface area contributed by atoms with Crippen LogP contribution in [0.15, 0.2) is 35.9 Å². The van der Waals surface area contributed by atoms with Gasteiger partial charge in [-0.25, -0.2) is 0 Å². The van der Waals surface area contributed by atoms with Gasteiger partial charge in [0.05, 0.1) is 4.62 Å². The van der Waals surface area contributed by atoms with Crippen LogP contribution in [0, 0.1) is 0 Å². The van der Waals surface area contributed by atoms with E-state index in [4.69, 9.17) is 11.6 Å². The van der Waals surface area contributed by atoms with Crippen LogP contribution < -0.4 is 0 Å². The first-order valence-corrected chi connectivity index (χ1v) is 13.4. The second-order valence-corrected chi connectivity index (χ2v) is 13.0. The van der Waals surface area contributed by atoms with Crippen LogP contribution in [0.25, 0.3) is 6.08 Å². The number of rotatable bonds is 4. The molecule has 3 aliphatic carbocycles. The van der Waals surface area contributed by atoms with E-state index in [0.717, 1.165) is 11.3 Å². The van der Waals surface area contributed by atoms with Crippen molar-refractivity contribution in [2.75, 3.05) is 0 Å². The Morgan fingerprint density at radius 3 is 1.96 bits per heavy atom. The molecule has 1 aromatic rings. The van der Waals surface area contributed by atoms with Gasteiger partial charge in [-0.1, -0.05) is 89.3 Å². The van der Waals surface area contributed by atoms with Crippen molar-refractivity contribution in [3.63, 3.8) is 0 Å². The van der Waals surface area contributed by atoms with Crippen LogP contribution in [-0.2, 0) is 0 Å². The molecule has 0 nitrogen and oxygen atoms in total. The van der Waals surface area contributed by atoms with Gasteiger partial charge in [-0.3, -0.25) is 0 Å². The third-order valence-corrected chi connectivity index (χ3v) is 12.1. The number of hydrogen-bond donors (Lipinski definition) is 0. The Bertz CT molecular complexity index is 594. The Morgan fingerprint density at radius 1 is 0.778 bits per heavy atom. The fourth-order valence-electron chi connectivity index (χ4n) is 5.85. The zero-order chi connectivity index (χ0) is 18.5. The highest BCUT2D eigenvalue weighted by Gasteiger charge is 2.48. The highest BCUT2D eigenvalue weighted by Crippen LogP contribution is 2.70. The third kappa shape index (κ3) is 4.64. The molecule has 3 aliphatic rings. The summed E-state index contributed by atoms with van der Waals surface area (Å²) in [6, 6.07) is 10.9. The summed E-state index contributed by atoms with van der Waals surface area (Å²) in [5.41, 5.74) is 4.78. The molecule has 27 heavy (non-hydrogen) atoms. The quantitative estimate of drug-likeness (QED) is 0.348. The van der Waals surface area contributed by atoms with Gasteiger partial charge in [0.1, 0.15) is 0 Å². The van der Waals surface area contributed by atoms with Gasteiger partial charge >= 0.3 is 0 Å². The monoisotopic (exact) mass is 402 g/mol. The Labute approximate surface area is 172 Å². The molecule has 4 rings (SSSR count). The molecule has 1 aromatic carbocycles. The van der Waals surface area contributed by atoms with Crippen molar-refractivity contribution in [3.8, 4) is 0 Å². The molecule has 1 unspecified atom stereocenters. The molecular formula is C25H36ClP. The number of hydrogen-bond acceptors (Lipinski definition) is 0. The Balaban J connectivity index is 1.68. The Morgan fingerprint density at radius 2 is 1.37 bits per heavy atom. The van der Waals surface area contributed by atoms with Crippen molar-refractivity contribution in [2.24, 2.45) is 0 Å². The van der Waals surface area contributed by atoms with Crippen molar-refractivity contribution in [1.29, 1.82) is 0 Å². The number of alkyl halides is 1. The molecule has 0 radical (unpaired) electrons. The minimum Gasteiger partial charge on any atom is -0.109 e. The summed E-state index contributed by atoms with van der Waals surface area (Å²) < 4.78 is -0.0204. The molecular weight excluding hydrogens is 367 g/mol. The minimum absolute atomic E-state index is 0.0204. The fraction of sp³-hybridized carbons (Fsp3) is 0.680. The summed E-state index contributed by atoms with van der Waals surface area (Å²) >= 11 is 7.78. The maximum Gasteiger partial charge on any atom is 0.0855 e. The van der Waals surface area contributed by atoms with Crippen LogP contribution in [-0.4, -0.2) is 15.9 Å². The lowest BCUT2D eigenvalue weighted by Gasteiger charge is -2.50. The molecule has 3 saturated carbocycles. The lowest BCUT2D eigenvalue weighted by Crippen LogP contribution is -2.36. The molecule has 0 N–H and O–H groups in total. The lowest BCUT2D eigenvalue weighted by atomic mass is 9.92. The molecule has 0 heterocycles. The van der Waals surface area contributed by atoms with Gasteiger partial charge in [-0.15, -0.1) is 11.6 Å². The van der Waals surface area contributed by atoms with E-state index in [0.29, 0.717) is 0 Å². The second kappa shape index (κ2) is 9.45. The molecule has 0 aromatic heterocycles. The van der Waals surface area contributed by atoms with Gasteiger partial charge in [-0.05, 0) is 67.4 Å². The predicted octanol–water partition coefficient (Wildman–Crippen LogP) is 8.73. The Hall–Kier alpha value is -0.320. The van der Waals surface area contributed by atoms with Crippen LogP contribution >= 0.6 is 19.5 Å². The van der Waals surface area contributed by atoms with Crippen molar-refractivity contribution in [3.05, 3.63) is 41.5 Å². The van der Waals surface area contributed by atoms with E-state index in [9.17, 15) is 0 Å². The van der Waals surface area contributed by atoms with Crippen LogP contribution in [0.1, 0.15) is 95.5 Å². The van der Waals surface area contributed by atoms with Crippen LogP contribution in [0.2, 0.25) is 0 Å². The predicted molar refractivity (Wildman–Crippen MR) is 122 cm³/mol. The molecule has 0 saturated heterocycles. The topological polar surface area (TPSA) is 0 Å². The van der Waals surface area contributed by atoms with Gasteiger partial charge < -0.3 is 0 Å². The molecule has 0 bridgehead atoms. The first-order chi connectivity index (χ1) is 13.3. The number of allylic oxidation sites excluding steroid dienone is 1. The van der Waals surface area contributed by atoms with Gasteiger partial charge in [0.15, 0.2) is 0 Å². The molecule has 1 atom stereocenters. The van der Waals surface area contributed by atoms with E-state index in [1.165, 1.54) is 95.5 Å². The third-order valence-electron chi connectivity index (χ3n) is 7.18. The molecule has 0 amide bonds. The summed E-state index contributed by atoms with van der Waals surface area (Å²) in [6.07, 6.45) is 22.1. The van der Waals surface area contributed by atoms with Crippen LogP contribution in [0.4, 0.5) is 0 Å². The van der Waals surface area contributed by atoms with Gasteiger partial charge in [0.2, 0.25) is 0 Å². The minimum atomic E-state index is -0.136. The largest absolute Gasteiger partial charge is 0.109 e. The SMILES string of the molecule is ClC1(P(C2CCCCC2)C2CCCCC2)CCCCC1=Cc1ccccc1. The van der Waals surface area contributed by atoms with E-state index in [1.807, 2.05) is 0 Å². The van der Waals surface area contributed by atoms with Gasteiger partial charge in [-0.2, -0.15) is 0 Å². The fourth-order valence-corrected chi connectivity index (χ4v) is 11.5. The summed E-state index contributed by atoms with van der Waals surface area (Å²) in [4.78, 5) is 0. The van der Waals surface area contributed by atoms with E-state index < -0.39 is 0 Å². The average molecular weight is 403 g/mol. The molecule has 0 spiro atoms. The molecule has 2 heteroatoms. The smallest absolute Gasteiger partial charge is 0.0855 e. The molecule has 0 aliphatic heterocycles. The van der Waals surface area contributed by atoms with E-state index >= 15 is 0 Å². The van der Waals surface area contributed by atoms with Gasteiger partial charge in [0.25, 0.3) is 0 Å². The number of benzene rings is 1. The maximum absolute atomic E-state index is 7.78. The zero-order valence-corrected chi connectivity index (χ0v) is 18.5. The zero-order valence-electron chi connectivity index (χ0n) is 16.8. The molecule has 3 fully saturated rings. The number of halogens is 1. The highest BCUT2D eigenvalue weighted by molar-refractivity contribution is 7.63. The molecule has 148 valence electrons. The lowest BCUT2D eigenvalue weighted by molar-refractivity contribution is 0.472. The summed E-state index contributed by atoms with van der Waals surface area (Å²) in [7, 11) is -0.136. The summed E-state index contributed by atoms with van der Waals surface area (Å²) in [6.45, 7) is 0. The van der Waals surface area contributed by atoms with E-state index in [2.05, 4.69) is 36.4 Å².